The molecule has 2 N–H and O–H groups in total. The molecule has 0 saturated carbocycles. The van der Waals surface area contributed by atoms with Gasteiger partial charge in [-0.2, -0.15) is 5.10 Å². The summed E-state index contributed by atoms with van der Waals surface area (Å²) in [5.41, 5.74) is 4.39. The molecular formula is C16H14N4O. The number of nitrogens with one attached hydrogen (secondary N) is 2. The average molecular weight is 278 g/mol. The Morgan fingerprint density at radius 1 is 1.33 bits per heavy atom. The van der Waals surface area contributed by atoms with Crippen LogP contribution in [0.5, 0.6) is 0 Å². The fraction of sp³-hybridized carbons (Fsp3) is 0.0625. The first kappa shape index (κ1) is 13.1. The van der Waals surface area contributed by atoms with Crippen molar-refractivity contribution in [1.82, 2.24) is 15.2 Å². The molecule has 0 fully saturated rings. The number of aryl methyl sites for hydroxylation is 1. The lowest BCUT2D eigenvalue weighted by Crippen LogP contribution is -2.07. The quantitative estimate of drug-likeness (QED) is 0.723. The Bertz CT molecular complexity index is 835. The number of hydrogen-bond acceptors (Lipinski definition) is 3. The van der Waals surface area contributed by atoms with Crippen LogP contribution in [0, 0.1) is 6.92 Å². The summed E-state index contributed by atoms with van der Waals surface area (Å²) < 4.78 is 0. The second-order valence-corrected chi connectivity index (χ2v) is 4.69. The maximum atomic E-state index is 11.4. The Hall–Kier alpha value is -2.95. The van der Waals surface area contributed by atoms with E-state index in [-0.39, 0.29) is 5.91 Å². The summed E-state index contributed by atoms with van der Waals surface area (Å²) in [7, 11) is 0. The zero-order valence-electron chi connectivity index (χ0n) is 11.6. The molecule has 0 aliphatic rings. The minimum atomic E-state index is -0.242. The molecule has 1 aromatic carbocycles. The molecule has 2 aromatic heterocycles. The first-order valence-electron chi connectivity index (χ1n) is 6.52. The predicted molar refractivity (Wildman–Crippen MR) is 82.9 cm³/mol. The number of rotatable bonds is 3. The third kappa shape index (κ3) is 2.53. The lowest BCUT2D eigenvalue weighted by molar-refractivity contribution is -0.111. The second kappa shape index (κ2) is 5.20. The minimum Gasteiger partial charge on any atom is -0.322 e. The van der Waals surface area contributed by atoms with Crippen molar-refractivity contribution >= 4 is 22.5 Å². The molecule has 1 amide bonds. The van der Waals surface area contributed by atoms with Crippen molar-refractivity contribution in [1.29, 1.82) is 0 Å². The van der Waals surface area contributed by atoms with Crippen LogP contribution in [0.4, 0.5) is 5.69 Å². The van der Waals surface area contributed by atoms with Crippen LogP contribution in [0.25, 0.3) is 22.2 Å². The molecular weight excluding hydrogens is 264 g/mol. The zero-order chi connectivity index (χ0) is 14.8. The second-order valence-electron chi connectivity index (χ2n) is 4.69. The van der Waals surface area contributed by atoms with Crippen LogP contribution in [0.1, 0.15) is 5.69 Å². The van der Waals surface area contributed by atoms with Gasteiger partial charge in [0.2, 0.25) is 5.91 Å². The number of carbonyl (C=O) groups excluding carboxylic acids is 1. The van der Waals surface area contributed by atoms with E-state index in [9.17, 15) is 4.79 Å². The van der Waals surface area contributed by atoms with Gasteiger partial charge in [-0.1, -0.05) is 12.6 Å². The van der Waals surface area contributed by atoms with Gasteiger partial charge in [0.25, 0.3) is 0 Å². The zero-order valence-corrected chi connectivity index (χ0v) is 11.6. The van der Waals surface area contributed by atoms with Crippen LogP contribution in [0.3, 0.4) is 0 Å². The number of carbonyl (C=O) groups is 1. The van der Waals surface area contributed by atoms with E-state index in [1.54, 1.807) is 12.3 Å². The van der Waals surface area contributed by atoms with Crippen molar-refractivity contribution in [2.75, 3.05) is 5.32 Å². The van der Waals surface area contributed by atoms with E-state index in [1.165, 1.54) is 6.08 Å². The molecule has 0 atom stereocenters. The lowest BCUT2D eigenvalue weighted by Gasteiger charge is -2.05. The number of anilines is 1. The van der Waals surface area contributed by atoms with Crippen LogP contribution in [-0.4, -0.2) is 21.1 Å². The molecule has 0 unspecified atom stereocenters. The van der Waals surface area contributed by atoms with E-state index in [1.807, 2.05) is 31.2 Å². The Morgan fingerprint density at radius 3 is 3.00 bits per heavy atom. The monoisotopic (exact) mass is 278 g/mol. The van der Waals surface area contributed by atoms with Gasteiger partial charge in [0.1, 0.15) is 0 Å². The number of H-pyrrole nitrogens is 1. The number of fused-ring (bicyclic) bond motifs is 1. The average Bonchev–Trinajstić information content (AvgIpc) is 2.88. The minimum absolute atomic E-state index is 0.242. The van der Waals surface area contributed by atoms with Gasteiger partial charge >= 0.3 is 0 Å². The fourth-order valence-electron chi connectivity index (χ4n) is 2.16. The fourth-order valence-corrected chi connectivity index (χ4v) is 2.16. The van der Waals surface area contributed by atoms with Crippen molar-refractivity contribution in [3.05, 3.63) is 54.9 Å². The van der Waals surface area contributed by atoms with Crippen molar-refractivity contribution < 1.29 is 4.79 Å². The number of nitrogens with zero attached hydrogens (tertiary/aromatic N) is 2. The first-order valence-corrected chi connectivity index (χ1v) is 6.52. The normalized spacial score (nSPS) is 10.5. The van der Waals surface area contributed by atoms with Gasteiger partial charge in [0.15, 0.2) is 0 Å². The van der Waals surface area contributed by atoms with Crippen LogP contribution >= 0.6 is 0 Å². The number of aromatic amines is 1. The maximum Gasteiger partial charge on any atom is 0.247 e. The van der Waals surface area contributed by atoms with Crippen molar-refractivity contribution in [2.45, 2.75) is 6.92 Å². The summed E-state index contributed by atoms with van der Waals surface area (Å²) in [4.78, 5) is 15.7. The van der Waals surface area contributed by atoms with Crippen LogP contribution in [0.15, 0.2) is 49.2 Å². The molecule has 2 heterocycles. The number of amides is 1. The highest BCUT2D eigenvalue weighted by atomic mass is 16.1. The summed E-state index contributed by atoms with van der Waals surface area (Å²) in [6, 6.07) is 9.56. The van der Waals surface area contributed by atoms with E-state index in [0.29, 0.717) is 5.69 Å². The molecule has 104 valence electrons. The molecule has 21 heavy (non-hydrogen) atoms. The highest BCUT2D eigenvalue weighted by Crippen LogP contribution is 2.25. The van der Waals surface area contributed by atoms with E-state index in [2.05, 4.69) is 27.1 Å². The van der Waals surface area contributed by atoms with Crippen LogP contribution in [-0.2, 0) is 4.79 Å². The first-order chi connectivity index (χ1) is 10.2. The van der Waals surface area contributed by atoms with Crippen LogP contribution < -0.4 is 5.32 Å². The molecule has 0 aliphatic heterocycles. The largest absolute Gasteiger partial charge is 0.322 e. The third-order valence-corrected chi connectivity index (χ3v) is 3.26. The number of aromatic nitrogens is 3. The predicted octanol–water partition coefficient (Wildman–Crippen LogP) is 3.06. The van der Waals surface area contributed by atoms with Gasteiger partial charge < -0.3 is 5.32 Å². The smallest absolute Gasteiger partial charge is 0.247 e. The Kier molecular flexibility index (Phi) is 3.23. The summed E-state index contributed by atoms with van der Waals surface area (Å²) >= 11 is 0. The van der Waals surface area contributed by atoms with Gasteiger partial charge in [-0.05, 0) is 37.3 Å². The van der Waals surface area contributed by atoms with E-state index >= 15 is 0 Å². The van der Waals surface area contributed by atoms with Gasteiger partial charge in [0.05, 0.1) is 16.9 Å². The highest BCUT2D eigenvalue weighted by molar-refractivity contribution is 5.99. The third-order valence-electron chi connectivity index (χ3n) is 3.26. The molecule has 0 aliphatic carbocycles. The number of hydrogen-bond donors (Lipinski definition) is 2. The Labute approximate surface area is 121 Å². The van der Waals surface area contributed by atoms with Gasteiger partial charge in [-0.25, -0.2) is 0 Å². The molecule has 0 spiro atoms. The standard InChI is InChI=1S/C16H14N4O/c1-3-16(21)18-12-6-7-17-15(9-12)11-4-5-14-13(8-11)10(2)19-20-14/h3-9H,1H2,2H3,(H,19,20)(H,17,18,21). The summed E-state index contributed by atoms with van der Waals surface area (Å²) in [5.74, 6) is -0.242. The van der Waals surface area contributed by atoms with Crippen LogP contribution in [0.2, 0.25) is 0 Å². The molecule has 5 nitrogen and oxygen atoms in total. The number of benzene rings is 1. The summed E-state index contributed by atoms with van der Waals surface area (Å²) in [5, 5.41) is 11.0. The Balaban J connectivity index is 2.01. The van der Waals surface area contributed by atoms with Crippen molar-refractivity contribution in [3.8, 4) is 11.3 Å². The van der Waals surface area contributed by atoms with E-state index in [0.717, 1.165) is 27.9 Å². The van der Waals surface area contributed by atoms with Crippen molar-refractivity contribution in [3.63, 3.8) is 0 Å². The van der Waals surface area contributed by atoms with Gasteiger partial charge in [0, 0.05) is 22.8 Å². The molecule has 0 saturated heterocycles. The Morgan fingerprint density at radius 2 is 2.19 bits per heavy atom. The topological polar surface area (TPSA) is 70.7 Å². The summed E-state index contributed by atoms with van der Waals surface area (Å²) in [6.45, 7) is 5.39. The lowest BCUT2D eigenvalue weighted by atomic mass is 10.1. The number of pyridine rings is 1. The summed E-state index contributed by atoms with van der Waals surface area (Å²) in [6.07, 6.45) is 2.90. The van der Waals surface area contributed by atoms with E-state index < -0.39 is 0 Å². The molecule has 5 heteroatoms. The van der Waals surface area contributed by atoms with Gasteiger partial charge in [-0.15, -0.1) is 0 Å². The SMILES string of the molecule is C=CC(=O)Nc1ccnc(-c2ccc3[nH]nc(C)c3c2)c1. The molecule has 3 aromatic rings. The van der Waals surface area contributed by atoms with Gasteiger partial charge in [-0.3, -0.25) is 14.9 Å². The van der Waals surface area contributed by atoms with Crippen molar-refractivity contribution in [2.24, 2.45) is 0 Å². The highest BCUT2D eigenvalue weighted by Gasteiger charge is 2.06. The van der Waals surface area contributed by atoms with E-state index in [4.69, 9.17) is 0 Å². The maximum absolute atomic E-state index is 11.4. The molecule has 0 bridgehead atoms. The molecule has 3 rings (SSSR count). The molecule has 0 radical (unpaired) electrons.